The number of primary amides is 1. The summed E-state index contributed by atoms with van der Waals surface area (Å²) in [5, 5.41) is 16.5. The van der Waals surface area contributed by atoms with E-state index in [1.165, 1.54) is 6.42 Å². The van der Waals surface area contributed by atoms with Crippen molar-refractivity contribution in [3.05, 3.63) is 54.0 Å². The molecule has 1 aliphatic carbocycles. The van der Waals surface area contributed by atoms with Crippen molar-refractivity contribution in [2.75, 3.05) is 23.3 Å². The molecule has 1 aromatic carbocycles. The van der Waals surface area contributed by atoms with Crippen LogP contribution in [0.15, 0.2) is 47.3 Å². The Hall–Kier alpha value is -3.97. The number of rotatable bonds is 7. The molecule has 0 spiro atoms. The Morgan fingerprint density at radius 3 is 2.70 bits per heavy atom. The molecule has 2 aliphatic rings. The van der Waals surface area contributed by atoms with Crippen LogP contribution in [-0.2, 0) is 0 Å². The fraction of sp³-hybridized carbons (Fsp3) is 0.444. The lowest BCUT2D eigenvalue weighted by atomic mass is 9.85. The van der Waals surface area contributed by atoms with E-state index in [-0.39, 0.29) is 17.6 Å². The molecule has 1 saturated heterocycles. The predicted octanol–water partition coefficient (Wildman–Crippen LogP) is 3.47. The Morgan fingerprint density at radius 2 is 1.95 bits per heavy atom. The number of carbonyl (C=O) groups excluding carboxylic acids is 1. The summed E-state index contributed by atoms with van der Waals surface area (Å²) < 4.78 is 6.01. The van der Waals surface area contributed by atoms with E-state index in [9.17, 15) is 4.79 Å². The highest BCUT2D eigenvalue weighted by molar-refractivity contribution is 5.93. The summed E-state index contributed by atoms with van der Waals surface area (Å²) in [5.74, 6) is 0.775. The lowest BCUT2D eigenvalue weighted by Crippen LogP contribution is -2.61. The maximum absolute atomic E-state index is 11.5. The van der Waals surface area contributed by atoms with Crippen LogP contribution in [0.2, 0.25) is 0 Å². The van der Waals surface area contributed by atoms with Gasteiger partial charge in [-0.1, -0.05) is 25.0 Å². The van der Waals surface area contributed by atoms with Gasteiger partial charge >= 0.3 is 0 Å². The second-order valence-corrected chi connectivity index (χ2v) is 10.2. The van der Waals surface area contributed by atoms with Gasteiger partial charge in [-0.05, 0) is 44.7 Å². The SMILES string of the molecule is CC1(NC2CCCCC2Nc2ncc(-c3cccc(C(N)=O)c3)o2)CCCN(c2ncc(C#N)cn2)C1. The van der Waals surface area contributed by atoms with Crippen LogP contribution < -0.4 is 21.3 Å². The third-order valence-corrected chi connectivity index (χ3v) is 7.29. The van der Waals surface area contributed by atoms with E-state index < -0.39 is 5.91 Å². The zero-order valence-electron chi connectivity index (χ0n) is 21.0. The number of aromatic nitrogens is 3. The topological polar surface area (TPSA) is 146 Å². The number of hydrogen-bond donors (Lipinski definition) is 3. The lowest BCUT2D eigenvalue weighted by molar-refractivity contribution is 0.100. The normalized spacial score (nSPS) is 23.8. The van der Waals surface area contributed by atoms with Crippen LogP contribution in [0.5, 0.6) is 0 Å². The van der Waals surface area contributed by atoms with Gasteiger partial charge in [0.2, 0.25) is 11.9 Å². The zero-order valence-corrected chi connectivity index (χ0v) is 21.0. The molecule has 192 valence electrons. The van der Waals surface area contributed by atoms with Gasteiger partial charge in [-0.15, -0.1) is 0 Å². The largest absolute Gasteiger partial charge is 0.424 e. The Labute approximate surface area is 216 Å². The van der Waals surface area contributed by atoms with Crippen molar-refractivity contribution in [1.29, 1.82) is 5.26 Å². The van der Waals surface area contributed by atoms with Crippen LogP contribution in [0.1, 0.15) is 61.4 Å². The molecule has 0 radical (unpaired) electrons. The first-order chi connectivity index (χ1) is 17.9. The molecule has 37 heavy (non-hydrogen) atoms. The van der Waals surface area contributed by atoms with E-state index in [2.05, 4.69) is 43.5 Å². The van der Waals surface area contributed by atoms with Crippen molar-refractivity contribution in [2.45, 2.75) is 63.1 Å². The number of benzene rings is 1. The van der Waals surface area contributed by atoms with Crippen molar-refractivity contribution in [1.82, 2.24) is 20.3 Å². The number of nitriles is 1. The number of anilines is 2. The van der Waals surface area contributed by atoms with E-state index >= 15 is 0 Å². The highest BCUT2D eigenvalue weighted by Gasteiger charge is 2.37. The third-order valence-electron chi connectivity index (χ3n) is 7.29. The molecule has 4 N–H and O–H groups in total. The quantitative estimate of drug-likeness (QED) is 0.444. The Balaban J connectivity index is 1.26. The van der Waals surface area contributed by atoms with Gasteiger partial charge in [-0.2, -0.15) is 5.26 Å². The van der Waals surface area contributed by atoms with Crippen molar-refractivity contribution in [3.63, 3.8) is 0 Å². The van der Waals surface area contributed by atoms with E-state index in [4.69, 9.17) is 15.4 Å². The summed E-state index contributed by atoms with van der Waals surface area (Å²) in [7, 11) is 0. The van der Waals surface area contributed by atoms with Crippen LogP contribution in [0, 0.1) is 11.3 Å². The van der Waals surface area contributed by atoms with Crippen LogP contribution in [0.25, 0.3) is 11.3 Å². The number of carbonyl (C=O) groups is 1. The van der Waals surface area contributed by atoms with E-state index in [1.807, 2.05) is 6.07 Å². The van der Waals surface area contributed by atoms with Gasteiger partial charge in [0.25, 0.3) is 6.01 Å². The van der Waals surface area contributed by atoms with Gasteiger partial charge in [-0.25, -0.2) is 15.0 Å². The molecule has 10 heteroatoms. The zero-order chi connectivity index (χ0) is 25.8. The minimum absolute atomic E-state index is 0.103. The monoisotopic (exact) mass is 500 g/mol. The van der Waals surface area contributed by atoms with Crippen molar-refractivity contribution in [2.24, 2.45) is 5.73 Å². The molecule has 3 unspecified atom stereocenters. The number of nitrogens with one attached hydrogen (secondary N) is 2. The number of amides is 1. The van der Waals surface area contributed by atoms with E-state index in [0.29, 0.717) is 28.9 Å². The highest BCUT2D eigenvalue weighted by Crippen LogP contribution is 2.30. The first-order valence-electron chi connectivity index (χ1n) is 12.8. The van der Waals surface area contributed by atoms with Gasteiger partial charge in [-0.3, -0.25) is 4.79 Å². The van der Waals surface area contributed by atoms with E-state index in [0.717, 1.165) is 50.8 Å². The summed E-state index contributed by atoms with van der Waals surface area (Å²) in [6.07, 6.45) is 11.3. The van der Waals surface area contributed by atoms with Crippen molar-refractivity contribution < 1.29 is 9.21 Å². The van der Waals surface area contributed by atoms with Crippen LogP contribution in [-0.4, -0.2) is 51.6 Å². The first kappa shape index (κ1) is 24.7. The smallest absolute Gasteiger partial charge is 0.295 e. The fourth-order valence-corrected chi connectivity index (χ4v) is 5.45. The average Bonchev–Trinajstić information content (AvgIpc) is 3.38. The average molecular weight is 501 g/mol. The molecule has 2 aromatic heterocycles. The minimum Gasteiger partial charge on any atom is -0.424 e. The number of piperidine rings is 1. The van der Waals surface area contributed by atoms with Gasteiger partial charge in [0.1, 0.15) is 6.07 Å². The molecule has 2 fully saturated rings. The van der Waals surface area contributed by atoms with Crippen LogP contribution in [0.3, 0.4) is 0 Å². The van der Waals surface area contributed by atoms with Gasteiger partial charge in [0.15, 0.2) is 5.76 Å². The van der Waals surface area contributed by atoms with Crippen LogP contribution >= 0.6 is 0 Å². The molecular weight excluding hydrogens is 468 g/mol. The Kier molecular flexibility index (Phi) is 7.06. The number of nitrogens with two attached hydrogens (primary N) is 1. The Morgan fingerprint density at radius 1 is 1.16 bits per heavy atom. The van der Waals surface area contributed by atoms with Crippen LogP contribution in [0.4, 0.5) is 12.0 Å². The molecule has 0 bridgehead atoms. The number of oxazole rings is 1. The molecule has 1 aliphatic heterocycles. The molecule has 3 atom stereocenters. The third kappa shape index (κ3) is 5.73. The molecule has 5 rings (SSSR count). The fourth-order valence-electron chi connectivity index (χ4n) is 5.45. The number of nitrogens with zero attached hydrogens (tertiary/aromatic N) is 5. The molecule has 1 amide bonds. The summed E-state index contributed by atoms with van der Waals surface area (Å²) in [6.45, 7) is 3.95. The summed E-state index contributed by atoms with van der Waals surface area (Å²) in [6, 6.07) is 10.0. The maximum Gasteiger partial charge on any atom is 0.295 e. The predicted molar refractivity (Wildman–Crippen MR) is 140 cm³/mol. The van der Waals surface area contributed by atoms with Gasteiger partial charge < -0.3 is 25.7 Å². The molecule has 3 aromatic rings. The van der Waals surface area contributed by atoms with E-state index in [1.54, 1.807) is 36.8 Å². The molecule has 10 nitrogen and oxygen atoms in total. The van der Waals surface area contributed by atoms with Crippen molar-refractivity contribution >= 4 is 17.9 Å². The summed E-state index contributed by atoms with van der Waals surface area (Å²) >= 11 is 0. The Bertz CT molecular complexity index is 1280. The van der Waals surface area contributed by atoms with Crippen molar-refractivity contribution in [3.8, 4) is 17.4 Å². The second kappa shape index (κ2) is 10.6. The number of hydrogen-bond acceptors (Lipinski definition) is 9. The summed E-state index contributed by atoms with van der Waals surface area (Å²) in [4.78, 5) is 27.0. The second-order valence-electron chi connectivity index (χ2n) is 10.2. The first-order valence-corrected chi connectivity index (χ1v) is 12.8. The van der Waals surface area contributed by atoms with Gasteiger partial charge in [0, 0.05) is 41.8 Å². The summed E-state index contributed by atoms with van der Waals surface area (Å²) in [5.41, 5.74) is 6.97. The maximum atomic E-state index is 11.5. The molecule has 1 saturated carbocycles. The van der Waals surface area contributed by atoms with Gasteiger partial charge in [0.05, 0.1) is 24.2 Å². The highest BCUT2D eigenvalue weighted by atomic mass is 16.4. The molecule has 3 heterocycles. The lowest BCUT2D eigenvalue weighted by Gasteiger charge is -2.45. The molecular formula is C27H32N8O2. The standard InChI is InChI=1S/C27H32N8O2/c1-27(10-5-11-35(17-27)25-30-14-18(13-28)15-31-25)34-22-9-3-2-8-21(22)33-26-32-16-23(37-26)19-6-4-7-20(12-19)24(29)36/h4,6-7,12,14-16,21-22,34H,2-3,5,8-11,17H2,1H3,(H2,29,36)(H,32,33). The minimum atomic E-state index is -0.476.